The van der Waals surface area contributed by atoms with Crippen LogP contribution in [0.5, 0.6) is 5.75 Å². The zero-order valence-corrected chi connectivity index (χ0v) is 23.2. The number of ketones is 2. The molecule has 1 aliphatic carbocycles. The minimum atomic E-state index is -0.766. The first-order valence-corrected chi connectivity index (χ1v) is 13.5. The Morgan fingerprint density at radius 2 is 1.66 bits per heavy atom. The van der Waals surface area contributed by atoms with E-state index in [1.165, 1.54) is 5.56 Å². The van der Waals surface area contributed by atoms with Crippen molar-refractivity contribution in [1.29, 1.82) is 0 Å². The molecule has 2 heterocycles. The van der Waals surface area contributed by atoms with E-state index < -0.39 is 5.92 Å². The summed E-state index contributed by atoms with van der Waals surface area (Å²) in [6.45, 7) is 5.34. The van der Waals surface area contributed by atoms with Crippen LogP contribution in [0.3, 0.4) is 0 Å². The van der Waals surface area contributed by atoms with Crippen LogP contribution >= 0.6 is 15.9 Å². The first-order valence-electron chi connectivity index (χ1n) is 12.7. The normalized spacial score (nSPS) is 18.1. The summed E-state index contributed by atoms with van der Waals surface area (Å²) in [6, 6.07) is 23.9. The van der Waals surface area contributed by atoms with Gasteiger partial charge in [-0.2, -0.15) is 4.58 Å². The van der Waals surface area contributed by atoms with E-state index in [9.17, 15) is 9.59 Å². The molecule has 1 aliphatic heterocycles. The lowest BCUT2D eigenvalue weighted by atomic mass is 9.71. The van der Waals surface area contributed by atoms with Gasteiger partial charge >= 0.3 is 0 Å². The van der Waals surface area contributed by atoms with Crippen LogP contribution in [-0.2, 0) is 21.5 Å². The summed E-state index contributed by atoms with van der Waals surface area (Å²) >= 11 is 3.44. The maximum atomic E-state index is 13.5. The summed E-state index contributed by atoms with van der Waals surface area (Å²) in [5.74, 6) is -0.200. The number of aromatic nitrogens is 1. The van der Waals surface area contributed by atoms with Crippen molar-refractivity contribution in [2.75, 3.05) is 13.7 Å². The molecule has 1 saturated carbocycles. The third-order valence-electron chi connectivity index (χ3n) is 7.82. The average molecular weight is 568 g/mol. The molecular formula is C32H28BrN2O3+. The van der Waals surface area contributed by atoms with Crippen LogP contribution in [0.15, 0.2) is 95.1 Å². The summed E-state index contributed by atoms with van der Waals surface area (Å²) in [7, 11) is 2.00. The molecule has 1 aromatic heterocycles. The fourth-order valence-corrected chi connectivity index (χ4v) is 6.04. The molecule has 0 saturated heterocycles. The summed E-state index contributed by atoms with van der Waals surface area (Å²) in [5, 5.41) is 0.931. The molecule has 1 fully saturated rings. The Bertz CT molecular complexity index is 1660. The zero-order valence-electron chi connectivity index (χ0n) is 21.6. The molecule has 0 bridgehead atoms. The molecule has 190 valence electrons. The number of Topliss-reactive ketones (excluding diaryl/α,β-unsaturated/α-hetero) is 2. The highest BCUT2D eigenvalue weighted by atomic mass is 79.9. The Hall–Kier alpha value is -3.77. The van der Waals surface area contributed by atoms with Crippen molar-refractivity contribution in [3.05, 3.63) is 106 Å². The van der Waals surface area contributed by atoms with Crippen molar-refractivity contribution in [3.63, 3.8) is 0 Å². The van der Waals surface area contributed by atoms with Gasteiger partial charge in [0.05, 0.1) is 17.5 Å². The van der Waals surface area contributed by atoms with Gasteiger partial charge in [0.1, 0.15) is 25.3 Å². The lowest BCUT2D eigenvalue weighted by Crippen LogP contribution is -2.40. The van der Waals surface area contributed by atoms with Gasteiger partial charge in [0, 0.05) is 39.3 Å². The van der Waals surface area contributed by atoms with Gasteiger partial charge in [0.15, 0.2) is 17.3 Å². The molecule has 38 heavy (non-hydrogen) atoms. The first kappa shape index (κ1) is 24.6. The number of carbonyl (C=O) groups is 2. The van der Waals surface area contributed by atoms with Crippen LogP contribution in [0.1, 0.15) is 30.9 Å². The monoisotopic (exact) mass is 567 g/mol. The molecule has 6 heteroatoms. The number of halogens is 1. The van der Waals surface area contributed by atoms with E-state index in [-0.39, 0.29) is 22.6 Å². The maximum Gasteiger partial charge on any atom is 0.209 e. The quantitative estimate of drug-likeness (QED) is 0.118. The predicted octanol–water partition coefficient (Wildman–Crippen LogP) is 6.35. The Morgan fingerprint density at radius 1 is 0.974 bits per heavy atom. The van der Waals surface area contributed by atoms with Crippen molar-refractivity contribution in [1.82, 2.24) is 4.57 Å². The summed E-state index contributed by atoms with van der Waals surface area (Å²) < 4.78 is 11.1. The third-order valence-corrected chi connectivity index (χ3v) is 8.35. The van der Waals surface area contributed by atoms with Crippen molar-refractivity contribution in [2.45, 2.75) is 31.7 Å². The second-order valence-corrected chi connectivity index (χ2v) is 11.3. The Morgan fingerprint density at radius 3 is 2.39 bits per heavy atom. The molecule has 3 aromatic carbocycles. The molecule has 4 aromatic rings. The number of para-hydroxylation sites is 2. The minimum Gasteiger partial charge on any atom is -0.492 e. The predicted molar refractivity (Wildman–Crippen MR) is 153 cm³/mol. The zero-order chi connectivity index (χ0) is 26.6. The Kier molecular flexibility index (Phi) is 5.95. The van der Waals surface area contributed by atoms with Gasteiger partial charge in [-0.1, -0.05) is 52.3 Å². The number of nitrogens with zero attached hydrogens (tertiary/aromatic N) is 2. The highest BCUT2D eigenvalue weighted by Crippen LogP contribution is 2.42. The summed E-state index contributed by atoms with van der Waals surface area (Å²) in [6.07, 6.45) is 3.76. The molecule has 2 aliphatic rings. The minimum absolute atomic E-state index is 0.114. The number of ether oxygens (including phenoxy) is 1. The van der Waals surface area contributed by atoms with Crippen LogP contribution < -0.4 is 4.74 Å². The molecule has 0 radical (unpaired) electrons. The van der Waals surface area contributed by atoms with Crippen LogP contribution in [-0.4, -0.2) is 40.1 Å². The second-order valence-electron chi connectivity index (χ2n) is 10.4. The van der Waals surface area contributed by atoms with Gasteiger partial charge in [-0.15, -0.1) is 0 Å². The van der Waals surface area contributed by atoms with Crippen LogP contribution in [0.2, 0.25) is 0 Å². The van der Waals surface area contributed by atoms with Gasteiger partial charge in [0.2, 0.25) is 5.69 Å². The first-order chi connectivity index (χ1) is 18.3. The number of hydrogen-bond acceptors (Lipinski definition) is 3. The third kappa shape index (κ3) is 3.86. The van der Waals surface area contributed by atoms with Crippen molar-refractivity contribution < 1.29 is 18.9 Å². The molecule has 0 amide bonds. The maximum absolute atomic E-state index is 13.5. The molecule has 0 unspecified atom stereocenters. The summed E-state index contributed by atoms with van der Waals surface area (Å²) in [5.41, 5.74) is 5.00. The highest BCUT2D eigenvalue weighted by molar-refractivity contribution is 9.10. The lowest BCUT2D eigenvalue weighted by Gasteiger charge is -2.26. The van der Waals surface area contributed by atoms with E-state index in [1.54, 1.807) is 0 Å². The van der Waals surface area contributed by atoms with Gasteiger partial charge in [-0.25, -0.2) is 0 Å². The highest BCUT2D eigenvalue weighted by Gasteiger charge is 2.49. The summed E-state index contributed by atoms with van der Waals surface area (Å²) in [4.78, 5) is 26.9. The molecular weight excluding hydrogens is 540 g/mol. The number of rotatable bonds is 6. The standard InChI is InChI=1S/C32H28BrN2O3/c1-32(2)25-9-5-7-11-27(25)34(3)28(32)18-23-30(36)29(31(23)37)24-19-35(26-10-6-4-8-22(24)26)16-17-38-21-14-12-20(33)13-15-21/h4-15,18-19,29H,16-17H2,1-3H3/q+1. The Balaban J connectivity index is 1.27. The Labute approximate surface area is 230 Å². The average Bonchev–Trinajstić information content (AvgIpc) is 3.36. The second kappa shape index (κ2) is 9.21. The van der Waals surface area contributed by atoms with Crippen molar-refractivity contribution in [3.8, 4) is 5.75 Å². The number of benzene rings is 3. The van der Waals surface area contributed by atoms with E-state index in [0.29, 0.717) is 13.2 Å². The fraction of sp³-hybridized carbons (Fsp3) is 0.219. The fourth-order valence-electron chi connectivity index (χ4n) is 5.78. The van der Waals surface area contributed by atoms with E-state index >= 15 is 0 Å². The number of allylic oxidation sites excluding steroid dienone is 2. The molecule has 0 N–H and O–H groups in total. The number of fused-ring (bicyclic) bond motifs is 2. The number of carbonyl (C=O) groups excluding carboxylic acids is 2. The SMILES string of the molecule is C[N+]1=C(C=C2C(=O)C(c3cn(CCOc4ccc(Br)cc4)c4ccccc34)C2=O)C(C)(C)c2ccccc21. The van der Waals surface area contributed by atoms with E-state index in [0.717, 1.165) is 38.1 Å². The van der Waals surface area contributed by atoms with Crippen molar-refractivity contribution >= 4 is 49.8 Å². The van der Waals surface area contributed by atoms with Gasteiger partial charge in [-0.3, -0.25) is 9.59 Å². The van der Waals surface area contributed by atoms with E-state index in [4.69, 9.17) is 4.74 Å². The van der Waals surface area contributed by atoms with Crippen LogP contribution in [0.25, 0.3) is 10.9 Å². The molecule has 0 spiro atoms. The van der Waals surface area contributed by atoms with Crippen LogP contribution in [0, 0.1) is 0 Å². The van der Waals surface area contributed by atoms with Crippen molar-refractivity contribution in [2.24, 2.45) is 0 Å². The topological polar surface area (TPSA) is 51.3 Å². The van der Waals surface area contributed by atoms with Crippen LogP contribution in [0.4, 0.5) is 5.69 Å². The molecule has 6 rings (SSSR count). The lowest BCUT2D eigenvalue weighted by molar-refractivity contribution is -0.401. The smallest absolute Gasteiger partial charge is 0.209 e. The van der Waals surface area contributed by atoms with Gasteiger partial charge in [-0.05, 0) is 49.7 Å². The molecule has 0 atom stereocenters. The van der Waals surface area contributed by atoms with E-state index in [1.807, 2.05) is 80.0 Å². The van der Waals surface area contributed by atoms with Gasteiger partial charge in [0.25, 0.3) is 0 Å². The number of hydrogen-bond donors (Lipinski definition) is 0. The van der Waals surface area contributed by atoms with E-state index in [2.05, 4.69) is 51.1 Å². The van der Waals surface area contributed by atoms with Gasteiger partial charge < -0.3 is 9.30 Å². The molecule has 5 nitrogen and oxygen atoms in total. The largest absolute Gasteiger partial charge is 0.492 e.